The highest BCUT2D eigenvalue weighted by atomic mass is 32.2. The first-order valence-corrected chi connectivity index (χ1v) is 8.21. The molecular formula is C15H23NO2S. The van der Waals surface area contributed by atoms with E-state index < -0.39 is 0 Å². The van der Waals surface area contributed by atoms with Crippen LogP contribution in [0.2, 0.25) is 0 Å². The van der Waals surface area contributed by atoms with Crippen LogP contribution in [0, 0.1) is 0 Å². The standard InChI is InChI=1S/C15H23NO2S/c1-3-7-16-13(11-19-4-2)12-5-6-14-15(10-12)18-9-8-17-14/h5-6,10,13,16H,3-4,7-9,11H2,1-2H3. The molecule has 3 nitrogen and oxygen atoms in total. The molecule has 1 aliphatic heterocycles. The van der Waals surface area contributed by atoms with Crippen LogP contribution in [0.15, 0.2) is 18.2 Å². The fourth-order valence-electron chi connectivity index (χ4n) is 2.10. The molecule has 0 fully saturated rings. The normalized spacial score (nSPS) is 15.3. The fraction of sp³-hybridized carbons (Fsp3) is 0.600. The second-order valence-electron chi connectivity index (χ2n) is 4.57. The molecule has 0 saturated carbocycles. The van der Waals surface area contributed by atoms with Crippen LogP contribution >= 0.6 is 11.8 Å². The van der Waals surface area contributed by atoms with Gasteiger partial charge in [-0.05, 0) is 36.4 Å². The molecule has 0 spiro atoms. The summed E-state index contributed by atoms with van der Waals surface area (Å²) >= 11 is 1.96. The van der Waals surface area contributed by atoms with E-state index in [-0.39, 0.29) is 0 Å². The van der Waals surface area contributed by atoms with Crippen LogP contribution in [-0.2, 0) is 0 Å². The maximum atomic E-state index is 5.66. The molecule has 0 radical (unpaired) electrons. The Kier molecular flexibility index (Phi) is 5.86. The third-order valence-corrected chi connectivity index (χ3v) is 4.08. The predicted molar refractivity (Wildman–Crippen MR) is 81.5 cm³/mol. The molecule has 4 heteroatoms. The number of ether oxygens (including phenoxy) is 2. The van der Waals surface area contributed by atoms with E-state index in [2.05, 4.69) is 31.3 Å². The highest BCUT2D eigenvalue weighted by Crippen LogP contribution is 2.33. The third-order valence-electron chi connectivity index (χ3n) is 3.10. The van der Waals surface area contributed by atoms with Crippen LogP contribution < -0.4 is 14.8 Å². The third kappa shape index (κ3) is 4.05. The maximum absolute atomic E-state index is 5.66. The van der Waals surface area contributed by atoms with Crippen molar-refractivity contribution in [3.05, 3.63) is 23.8 Å². The van der Waals surface area contributed by atoms with E-state index in [0.717, 1.165) is 36.0 Å². The molecule has 106 valence electrons. The zero-order valence-corrected chi connectivity index (χ0v) is 12.6. The van der Waals surface area contributed by atoms with Gasteiger partial charge in [0.25, 0.3) is 0 Å². The lowest BCUT2D eigenvalue weighted by Crippen LogP contribution is -2.24. The van der Waals surface area contributed by atoms with E-state index >= 15 is 0 Å². The smallest absolute Gasteiger partial charge is 0.161 e. The number of fused-ring (bicyclic) bond motifs is 1. The first-order valence-electron chi connectivity index (χ1n) is 7.05. The summed E-state index contributed by atoms with van der Waals surface area (Å²) in [5.41, 5.74) is 1.29. The van der Waals surface area contributed by atoms with Crippen LogP contribution in [0.4, 0.5) is 0 Å². The number of hydrogen-bond donors (Lipinski definition) is 1. The molecule has 0 bridgehead atoms. The van der Waals surface area contributed by atoms with Crippen molar-refractivity contribution in [2.45, 2.75) is 26.3 Å². The van der Waals surface area contributed by atoms with Gasteiger partial charge >= 0.3 is 0 Å². The van der Waals surface area contributed by atoms with E-state index in [1.807, 2.05) is 17.8 Å². The number of hydrogen-bond acceptors (Lipinski definition) is 4. The van der Waals surface area contributed by atoms with Gasteiger partial charge in [-0.3, -0.25) is 0 Å². The van der Waals surface area contributed by atoms with Crippen molar-refractivity contribution in [3.63, 3.8) is 0 Å². The Balaban J connectivity index is 2.10. The highest BCUT2D eigenvalue weighted by molar-refractivity contribution is 7.99. The number of nitrogens with one attached hydrogen (secondary N) is 1. The monoisotopic (exact) mass is 281 g/mol. The van der Waals surface area contributed by atoms with E-state index in [4.69, 9.17) is 9.47 Å². The summed E-state index contributed by atoms with van der Waals surface area (Å²) in [5.74, 6) is 3.99. The Labute approximate surface area is 120 Å². The highest BCUT2D eigenvalue weighted by Gasteiger charge is 2.16. The summed E-state index contributed by atoms with van der Waals surface area (Å²) in [6.45, 7) is 6.73. The molecule has 1 atom stereocenters. The maximum Gasteiger partial charge on any atom is 0.161 e. The molecule has 19 heavy (non-hydrogen) atoms. The van der Waals surface area contributed by atoms with E-state index in [1.54, 1.807) is 0 Å². The molecule has 1 heterocycles. The molecule has 0 saturated heterocycles. The first kappa shape index (κ1) is 14.5. The minimum atomic E-state index is 0.390. The average molecular weight is 281 g/mol. The first-order chi connectivity index (χ1) is 9.35. The Morgan fingerprint density at radius 2 is 2.00 bits per heavy atom. The van der Waals surface area contributed by atoms with E-state index in [9.17, 15) is 0 Å². The molecule has 1 aliphatic rings. The van der Waals surface area contributed by atoms with Gasteiger partial charge in [-0.1, -0.05) is 19.9 Å². The SMILES string of the molecule is CCCNC(CSCC)c1ccc2c(c1)OCCO2. The quantitative estimate of drug-likeness (QED) is 0.831. The molecule has 0 aliphatic carbocycles. The summed E-state index contributed by atoms with van der Waals surface area (Å²) in [6.07, 6.45) is 1.15. The molecule has 0 aromatic heterocycles. The lowest BCUT2D eigenvalue weighted by molar-refractivity contribution is 0.171. The Hall–Kier alpha value is -0.870. The zero-order chi connectivity index (χ0) is 13.5. The Morgan fingerprint density at radius 3 is 2.74 bits per heavy atom. The summed E-state index contributed by atoms with van der Waals surface area (Å²) in [5, 5.41) is 3.61. The second kappa shape index (κ2) is 7.65. The molecule has 1 aromatic rings. The number of rotatable bonds is 7. The molecule has 1 N–H and O–H groups in total. The molecular weight excluding hydrogens is 258 g/mol. The van der Waals surface area contributed by atoms with Gasteiger partial charge in [0, 0.05) is 11.8 Å². The van der Waals surface area contributed by atoms with Gasteiger partial charge in [-0.2, -0.15) is 11.8 Å². The summed E-state index contributed by atoms with van der Waals surface area (Å²) < 4.78 is 11.2. The van der Waals surface area contributed by atoms with Gasteiger partial charge in [-0.25, -0.2) is 0 Å². The Bertz CT molecular complexity index is 390. The van der Waals surface area contributed by atoms with Gasteiger partial charge in [0.15, 0.2) is 11.5 Å². The van der Waals surface area contributed by atoms with Crippen molar-refractivity contribution < 1.29 is 9.47 Å². The Morgan fingerprint density at radius 1 is 1.21 bits per heavy atom. The number of benzene rings is 1. The number of thioether (sulfide) groups is 1. The van der Waals surface area contributed by atoms with Crippen LogP contribution in [0.3, 0.4) is 0 Å². The minimum Gasteiger partial charge on any atom is -0.486 e. The van der Waals surface area contributed by atoms with Crippen molar-refractivity contribution >= 4 is 11.8 Å². The van der Waals surface area contributed by atoms with Crippen LogP contribution in [0.5, 0.6) is 11.5 Å². The van der Waals surface area contributed by atoms with Gasteiger partial charge in [0.2, 0.25) is 0 Å². The zero-order valence-electron chi connectivity index (χ0n) is 11.8. The van der Waals surface area contributed by atoms with Crippen molar-refractivity contribution in [2.24, 2.45) is 0 Å². The fourth-order valence-corrected chi connectivity index (χ4v) is 2.89. The average Bonchev–Trinajstić information content (AvgIpc) is 2.47. The minimum absolute atomic E-state index is 0.390. The van der Waals surface area contributed by atoms with Crippen molar-refractivity contribution in [3.8, 4) is 11.5 Å². The van der Waals surface area contributed by atoms with Gasteiger partial charge in [-0.15, -0.1) is 0 Å². The molecule has 2 rings (SSSR count). The lowest BCUT2D eigenvalue weighted by atomic mass is 10.1. The van der Waals surface area contributed by atoms with Gasteiger partial charge in [0.05, 0.1) is 0 Å². The van der Waals surface area contributed by atoms with Gasteiger partial charge < -0.3 is 14.8 Å². The predicted octanol–water partition coefficient (Wildman–Crippen LogP) is 3.25. The van der Waals surface area contributed by atoms with Gasteiger partial charge in [0.1, 0.15) is 13.2 Å². The second-order valence-corrected chi connectivity index (χ2v) is 5.89. The largest absolute Gasteiger partial charge is 0.486 e. The van der Waals surface area contributed by atoms with Crippen molar-refractivity contribution in [2.75, 3.05) is 31.3 Å². The van der Waals surface area contributed by atoms with Crippen LogP contribution in [0.25, 0.3) is 0 Å². The summed E-state index contributed by atoms with van der Waals surface area (Å²) in [6, 6.07) is 6.69. The van der Waals surface area contributed by atoms with Crippen molar-refractivity contribution in [1.29, 1.82) is 0 Å². The van der Waals surface area contributed by atoms with E-state index in [1.165, 1.54) is 5.56 Å². The van der Waals surface area contributed by atoms with Crippen molar-refractivity contribution in [1.82, 2.24) is 5.32 Å². The summed E-state index contributed by atoms with van der Waals surface area (Å²) in [4.78, 5) is 0. The van der Waals surface area contributed by atoms with Crippen LogP contribution in [-0.4, -0.2) is 31.3 Å². The lowest BCUT2D eigenvalue weighted by Gasteiger charge is -2.22. The van der Waals surface area contributed by atoms with Crippen LogP contribution in [0.1, 0.15) is 31.9 Å². The van der Waals surface area contributed by atoms with E-state index in [0.29, 0.717) is 19.3 Å². The molecule has 1 aromatic carbocycles. The topological polar surface area (TPSA) is 30.5 Å². The molecule has 0 amide bonds. The summed E-state index contributed by atoms with van der Waals surface area (Å²) in [7, 11) is 0. The molecule has 1 unspecified atom stereocenters.